The van der Waals surface area contributed by atoms with Crippen molar-refractivity contribution in [1.82, 2.24) is 0 Å². The van der Waals surface area contributed by atoms with Gasteiger partial charge >= 0.3 is 5.97 Å². The fraction of sp³-hybridized carbons (Fsp3) is 0.818. The molecule has 0 amide bonds. The normalized spacial score (nSPS) is 26.4. The van der Waals surface area contributed by atoms with E-state index in [1.165, 1.54) is 0 Å². The van der Waals surface area contributed by atoms with E-state index in [-0.39, 0.29) is 11.6 Å². The smallest absolute Gasteiger partial charge is 0.315 e. The maximum atomic E-state index is 11.0. The van der Waals surface area contributed by atoms with Gasteiger partial charge in [-0.15, -0.1) is 0 Å². The molecule has 0 saturated heterocycles. The Morgan fingerprint density at radius 2 is 2.33 bits per heavy atom. The average molecular weight is 213 g/mol. The molecule has 4 nitrogen and oxygen atoms in total. The molecule has 2 unspecified atom stereocenters. The van der Waals surface area contributed by atoms with E-state index in [1.807, 2.05) is 27.7 Å². The quantitative estimate of drug-likeness (QED) is 0.780. The highest BCUT2D eigenvalue weighted by Gasteiger charge is 2.33. The summed E-state index contributed by atoms with van der Waals surface area (Å²) in [4.78, 5) is 15.4. The minimum Gasteiger partial charge on any atom is -0.481 e. The maximum Gasteiger partial charge on any atom is 0.315 e. The van der Waals surface area contributed by atoms with Crippen LogP contribution in [0.5, 0.6) is 0 Å². The van der Waals surface area contributed by atoms with Gasteiger partial charge in [0.15, 0.2) is 5.90 Å². The van der Waals surface area contributed by atoms with Crippen molar-refractivity contribution < 1.29 is 14.6 Å². The lowest BCUT2D eigenvalue weighted by Gasteiger charge is -2.33. The lowest BCUT2D eigenvalue weighted by atomic mass is 9.95. The Morgan fingerprint density at radius 3 is 2.73 bits per heavy atom. The van der Waals surface area contributed by atoms with Crippen molar-refractivity contribution in [3.8, 4) is 0 Å². The Kier molecular flexibility index (Phi) is 3.37. The Labute approximate surface area is 90.3 Å². The first-order chi connectivity index (χ1) is 6.85. The van der Waals surface area contributed by atoms with E-state index in [9.17, 15) is 4.79 Å². The molecule has 15 heavy (non-hydrogen) atoms. The summed E-state index contributed by atoms with van der Waals surface area (Å²) < 4.78 is 5.51. The van der Waals surface area contributed by atoms with Crippen LogP contribution in [0, 0.1) is 5.92 Å². The number of aliphatic imine (C=N–C) groups is 1. The van der Waals surface area contributed by atoms with Gasteiger partial charge < -0.3 is 9.84 Å². The molecule has 1 N–H and O–H groups in total. The minimum absolute atomic E-state index is 0.0425. The fourth-order valence-electron chi connectivity index (χ4n) is 1.94. The number of carboxylic acids is 1. The Hall–Kier alpha value is -1.06. The van der Waals surface area contributed by atoms with Crippen LogP contribution in [0.1, 0.15) is 40.5 Å². The summed E-state index contributed by atoms with van der Waals surface area (Å²) in [6.07, 6.45) is 1.38. The van der Waals surface area contributed by atoms with E-state index in [4.69, 9.17) is 9.84 Å². The van der Waals surface area contributed by atoms with Crippen molar-refractivity contribution in [3.05, 3.63) is 0 Å². The molecule has 0 aliphatic carbocycles. The van der Waals surface area contributed by atoms with Crippen molar-refractivity contribution >= 4 is 11.9 Å². The minimum atomic E-state index is -0.860. The van der Waals surface area contributed by atoms with E-state index in [1.54, 1.807) is 0 Å². The molecule has 0 aromatic rings. The Bertz CT molecular complexity index is 284. The van der Waals surface area contributed by atoms with Gasteiger partial charge in [0.25, 0.3) is 0 Å². The number of ether oxygens (including phenoxy) is 1. The fourth-order valence-corrected chi connectivity index (χ4v) is 1.94. The molecular weight excluding hydrogens is 194 g/mol. The van der Waals surface area contributed by atoms with Crippen LogP contribution in [0.15, 0.2) is 4.99 Å². The van der Waals surface area contributed by atoms with Gasteiger partial charge in [0.05, 0.1) is 11.6 Å². The van der Waals surface area contributed by atoms with Crippen LogP contribution in [-0.4, -0.2) is 28.6 Å². The van der Waals surface area contributed by atoms with Gasteiger partial charge in [-0.05, 0) is 27.2 Å². The molecule has 1 aliphatic heterocycles. The van der Waals surface area contributed by atoms with E-state index < -0.39 is 11.9 Å². The zero-order valence-corrected chi connectivity index (χ0v) is 9.78. The van der Waals surface area contributed by atoms with Gasteiger partial charge in [0, 0.05) is 6.42 Å². The van der Waals surface area contributed by atoms with Crippen molar-refractivity contribution in [3.63, 3.8) is 0 Å². The number of hydrogen-bond donors (Lipinski definition) is 1. The molecule has 0 spiro atoms. The van der Waals surface area contributed by atoms with Crippen LogP contribution in [0.3, 0.4) is 0 Å². The topological polar surface area (TPSA) is 58.9 Å². The molecule has 1 rings (SSSR count). The van der Waals surface area contributed by atoms with Gasteiger partial charge in [-0.25, -0.2) is 4.99 Å². The van der Waals surface area contributed by atoms with Crippen molar-refractivity contribution in [2.75, 3.05) is 0 Å². The summed E-state index contributed by atoms with van der Waals surface area (Å²) in [5.41, 5.74) is -0.212. The predicted molar refractivity (Wildman–Crippen MR) is 58.1 cm³/mol. The third-order valence-electron chi connectivity index (χ3n) is 2.53. The lowest BCUT2D eigenvalue weighted by Crippen LogP contribution is -2.39. The number of hydrogen-bond acceptors (Lipinski definition) is 3. The van der Waals surface area contributed by atoms with Crippen molar-refractivity contribution in [2.45, 2.75) is 52.2 Å². The van der Waals surface area contributed by atoms with E-state index in [0.717, 1.165) is 6.42 Å². The van der Waals surface area contributed by atoms with Crippen LogP contribution in [0.25, 0.3) is 0 Å². The van der Waals surface area contributed by atoms with Crippen LogP contribution in [0.2, 0.25) is 0 Å². The largest absolute Gasteiger partial charge is 0.481 e. The molecule has 0 bridgehead atoms. The monoisotopic (exact) mass is 213 g/mol. The molecule has 1 heterocycles. The van der Waals surface area contributed by atoms with Crippen molar-refractivity contribution in [2.24, 2.45) is 10.9 Å². The molecule has 0 aromatic heterocycles. The first-order valence-corrected chi connectivity index (χ1v) is 5.35. The number of rotatable bonds is 3. The number of carbonyl (C=O) groups is 1. The molecular formula is C11H19NO3. The van der Waals surface area contributed by atoms with Crippen LogP contribution >= 0.6 is 0 Å². The number of aliphatic carboxylic acids is 1. The number of nitrogens with zero attached hydrogens (tertiary/aromatic N) is 1. The summed E-state index contributed by atoms with van der Waals surface area (Å²) in [6.45, 7) is 7.78. The SMILES string of the molecule is CCC(C(=O)O)C1=NC(C)(C)CC(C)O1. The highest BCUT2D eigenvalue weighted by atomic mass is 16.5. The summed E-state index contributed by atoms with van der Waals surface area (Å²) in [6, 6.07) is 0. The van der Waals surface area contributed by atoms with Crippen LogP contribution in [-0.2, 0) is 9.53 Å². The highest BCUT2D eigenvalue weighted by Crippen LogP contribution is 2.26. The third-order valence-corrected chi connectivity index (χ3v) is 2.53. The zero-order valence-electron chi connectivity index (χ0n) is 9.78. The lowest BCUT2D eigenvalue weighted by molar-refractivity contribution is -0.140. The molecule has 0 saturated carbocycles. The van der Waals surface area contributed by atoms with Crippen LogP contribution in [0.4, 0.5) is 0 Å². The number of carboxylic acid groups (broad SMARTS) is 1. The molecule has 0 aromatic carbocycles. The Balaban J connectivity index is 2.93. The van der Waals surface area contributed by atoms with E-state index >= 15 is 0 Å². The molecule has 86 valence electrons. The zero-order chi connectivity index (χ0) is 11.6. The van der Waals surface area contributed by atoms with E-state index in [2.05, 4.69) is 4.99 Å². The average Bonchev–Trinajstić information content (AvgIpc) is 1.99. The predicted octanol–water partition coefficient (Wildman–Crippen LogP) is 2.08. The molecule has 2 atom stereocenters. The summed E-state index contributed by atoms with van der Waals surface area (Å²) in [5, 5.41) is 9.02. The first kappa shape index (κ1) is 12.0. The second-order valence-electron chi connectivity index (χ2n) is 4.69. The Morgan fingerprint density at radius 1 is 1.73 bits per heavy atom. The second-order valence-corrected chi connectivity index (χ2v) is 4.69. The van der Waals surface area contributed by atoms with Gasteiger partial charge in [-0.1, -0.05) is 6.92 Å². The summed E-state index contributed by atoms with van der Waals surface area (Å²) in [5.74, 6) is -1.08. The highest BCUT2D eigenvalue weighted by molar-refractivity contribution is 5.97. The maximum absolute atomic E-state index is 11.0. The van der Waals surface area contributed by atoms with Crippen molar-refractivity contribution in [1.29, 1.82) is 0 Å². The molecule has 4 heteroatoms. The molecule has 1 aliphatic rings. The van der Waals surface area contributed by atoms with Gasteiger partial charge in [0.1, 0.15) is 5.92 Å². The van der Waals surface area contributed by atoms with E-state index in [0.29, 0.717) is 12.3 Å². The molecule has 0 radical (unpaired) electrons. The standard InChI is InChI=1S/C11H19NO3/c1-5-8(10(13)14)9-12-11(3,4)6-7(2)15-9/h7-8H,5-6H2,1-4H3,(H,13,14). The van der Waals surface area contributed by atoms with Gasteiger partial charge in [0.2, 0.25) is 0 Å². The van der Waals surface area contributed by atoms with Gasteiger partial charge in [-0.2, -0.15) is 0 Å². The van der Waals surface area contributed by atoms with Crippen LogP contribution < -0.4 is 0 Å². The third kappa shape index (κ3) is 2.94. The molecule has 0 fully saturated rings. The summed E-state index contributed by atoms with van der Waals surface area (Å²) >= 11 is 0. The summed E-state index contributed by atoms with van der Waals surface area (Å²) in [7, 11) is 0. The second kappa shape index (κ2) is 4.21. The first-order valence-electron chi connectivity index (χ1n) is 5.35. The van der Waals surface area contributed by atoms with Gasteiger partial charge in [-0.3, -0.25) is 4.79 Å².